The minimum Gasteiger partial charge on any atom is -0.322 e. The van der Waals surface area contributed by atoms with Gasteiger partial charge in [-0.15, -0.1) is 0 Å². The molecule has 0 bridgehead atoms. The van der Waals surface area contributed by atoms with E-state index in [1.165, 1.54) is 19.2 Å². The fraction of sp³-hybridized carbons (Fsp3) is 0.0500. The molecule has 0 fully saturated rings. The number of hydrogen-bond donors (Lipinski definition) is 1. The van der Waals surface area contributed by atoms with Crippen molar-refractivity contribution in [2.75, 3.05) is 16.7 Å². The first-order valence-corrected chi connectivity index (χ1v) is 9.43. The maximum absolute atomic E-state index is 12.9. The van der Waals surface area contributed by atoms with Gasteiger partial charge in [0.15, 0.2) is 0 Å². The van der Waals surface area contributed by atoms with Crippen LogP contribution >= 0.6 is 0 Å². The molecule has 0 radical (unpaired) electrons. The summed E-state index contributed by atoms with van der Waals surface area (Å²) in [6, 6.07) is 23.8. The van der Waals surface area contributed by atoms with Crippen molar-refractivity contribution in [2.45, 2.75) is 4.90 Å². The van der Waals surface area contributed by atoms with E-state index in [4.69, 9.17) is 0 Å². The van der Waals surface area contributed by atoms with Crippen molar-refractivity contribution in [2.24, 2.45) is 0 Å². The second-order valence-corrected chi connectivity index (χ2v) is 7.59. The molecule has 0 saturated carbocycles. The SMILES string of the molecule is CN(c1ccccc1C(=O)Nc1ccccc1)S(=O)(=O)c1ccccc1. The number of anilines is 2. The highest BCUT2D eigenvalue weighted by Crippen LogP contribution is 2.26. The molecule has 0 aliphatic heterocycles. The summed E-state index contributed by atoms with van der Waals surface area (Å²) in [5, 5.41) is 2.78. The quantitative estimate of drug-likeness (QED) is 0.748. The highest BCUT2D eigenvalue weighted by atomic mass is 32.2. The molecular formula is C20H18N2O3S. The maximum atomic E-state index is 12.9. The molecule has 0 heterocycles. The Hall–Kier alpha value is -3.12. The number of hydrogen-bond acceptors (Lipinski definition) is 3. The zero-order valence-electron chi connectivity index (χ0n) is 14.2. The van der Waals surface area contributed by atoms with Gasteiger partial charge in [0.2, 0.25) is 0 Å². The van der Waals surface area contributed by atoms with Crippen LogP contribution in [-0.4, -0.2) is 21.4 Å². The van der Waals surface area contributed by atoms with Crippen LogP contribution in [-0.2, 0) is 10.0 Å². The van der Waals surface area contributed by atoms with E-state index in [9.17, 15) is 13.2 Å². The number of carbonyl (C=O) groups excluding carboxylic acids is 1. The van der Waals surface area contributed by atoms with Gasteiger partial charge in [0.1, 0.15) is 0 Å². The summed E-state index contributed by atoms with van der Waals surface area (Å²) in [5.41, 5.74) is 1.23. The van der Waals surface area contributed by atoms with E-state index < -0.39 is 10.0 Å². The van der Waals surface area contributed by atoms with Crippen molar-refractivity contribution >= 4 is 27.3 Å². The van der Waals surface area contributed by atoms with Crippen LogP contribution in [0.5, 0.6) is 0 Å². The number of rotatable bonds is 5. The third-order valence-electron chi connectivity index (χ3n) is 3.92. The Labute approximate surface area is 153 Å². The zero-order valence-corrected chi connectivity index (χ0v) is 15.0. The van der Waals surface area contributed by atoms with Gasteiger partial charge < -0.3 is 5.32 Å². The molecule has 132 valence electrons. The van der Waals surface area contributed by atoms with Crippen molar-refractivity contribution in [1.82, 2.24) is 0 Å². The largest absolute Gasteiger partial charge is 0.322 e. The third-order valence-corrected chi connectivity index (χ3v) is 5.71. The average molecular weight is 366 g/mol. The van der Waals surface area contributed by atoms with E-state index in [0.29, 0.717) is 11.4 Å². The lowest BCUT2D eigenvalue weighted by Crippen LogP contribution is -2.29. The number of benzene rings is 3. The van der Waals surface area contributed by atoms with Crippen LogP contribution in [0.2, 0.25) is 0 Å². The Kier molecular flexibility index (Phi) is 5.04. The van der Waals surface area contributed by atoms with E-state index in [1.54, 1.807) is 54.6 Å². The Bertz CT molecular complexity index is 1000. The van der Waals surface area contributed by atoms with Crippen LogP contribution in [0.1, 0.15) is 10.4 Å². The van der Waals surface area contributed by atoms with E-state index in [-0.39, 0.29) is 16.4 Å². The summed E-state index contributed by atoms with van der Waals surface area (Å²) >= 11 is 0. The van der Waals surface area contributed by atoms with Crippen LogP contribution in [0.4, 0.5) is 11.4 Å². The van der Waals surface area contributed by atoms with Gasteiger partial charge in [0.25, 0.3) is 15.9 Å². The summed E-state index contributed by atoms with van der Waals surface area (Å²) in [6.07, 6.45) is 0. The Morgan fingerprint density at radius 2 is 1.35 bits per heavy atom. The second kappa shape index (κ2) is 7.41. The Morgan fingerprint density at radius 3 is 2.00 bits per heavy atom. The van der Waals surface area contributed by atoms with Gasteiger partial charge in [-0.05, 0) is 36.4 Å². The fourth-order valence-corrected chi connectivity index (χ4v) is 3.78. The second-order valence-electron chi connectivity index (χ2n) is 5.62. The van der Waals surface area contributed by atoms with E-state index in [1.807, 2.05) is 18.2 Å². The lowest BCUT2D eigenvalue weighted by Gasteiger charge is -2.22. The van der Waals surface area contributed by atoms with Crippen molar-refractivity contribution in [3.8, 4) is 0 Å². The maximum Gasteiger partial charge on any atom is 0.264 e. The molecule has 3 rings (SSSR count). The molecule has 5 nitrogen and oxygen atoms in total. The monoisotopic (exact) mass is 366 g/mol. The fourth-order valence-electron chi connectivity index (χ4n) is 2.54. The Morgan fingerprint density at radius 1 is 0.808 bits per heavy atom. The molecule has 0 aliphatic carbocycles. The summed E-state index contributed by atoms with van der Waals surface area (Å²) in [6.45, 7) is 0. The molecule has 0 spiro atoms. The lowest BCUT2D eigenvalue weighted by atomic mass is 10.1. The predicted molar refractivity (Wildman–Crippen MR) is 103 cm³/mol. The summed E-state index contributed by atoms with van der Waals surface area (Å²) in [7, 11) is -2.33. The van der Waals surface area contributed by atoms with Gasteiger partial charge in [-0.2, -0.15) is 0 Å². The number of para-hydroxylation sites is 2. The molecule has 0 saturated heterocycles. The minimum atomic E-state index is -3.77. The normalized spacial score (nSPS) is 11.0. The number of carbonyl (C=O) groups is 1. The van der Waals surface area contributed by atoms with Crippen LogP contribution in [0, 0.1) is 0 Å². The molecule has 26 heavy (non-hydrogen) atoms. The van der Waals surface area contributed by atoms with E-state index in [0.717, 1.165) is 4.31 Å². The van der Waals surface area contributed by atoms with E-state index in [2.05, 4.69) is 5.32 Å². The molecule has 0 unspecified atom stereocenters. The van der Waals surface area contributed by atoms with Crippen molar-refractivity contribution in [3.05, 3.63) is 90.5 Å². The number of amides is 1. The highest BCUT2D eigenvalue weighted by molar-refractivity contribution is 7.92. The molecule has 0 aromatic heterocycles. The van der Waals surface area contributed by atoms with Gasteiger partial charge in [-0.1, -0.05) is 48.5 Å². The predicted octanol–water partition coefficient (Wildman–Crippen LogP) is 3.76. The van der Waals surface area contributed by atoms with Crippen molar-refractivity contribution in [1.29, 1.82) is 0 Å². The molecule has 1 N–H and O–H groups in total. The number of nitrogens with zero attached hydrogens (tertiary/aromatic N) is 1. The zero-order chi connectivity index (χ0) is 18.6. The van der Waals surface area contributed by atoms with E-state index >= 15 is 0 Å². The summed E-state index contributed by atoms with van der Waals surface area (Å²) in [4.78, 5) is 12.8. The molecule has 6 heteroatoms. The smallest absolute Gasteiger partial charge is 0.264 e. The highest BCUT2D eigenvalue weighted by Gasteiger charge is 2.24. The minimum absolute atomic E-state index is 0.167. The summed E-state index contributed by atoms with van der Waals surface area (Å²) < 4.78 is 26.8. The van der Waals surface area contributed by atoms with Crippen molar-refractivity contribution in [3.63, 3.8) is 0 Å². The van der Waals surface area contributed by atoms with Gasteiger partial charge in [0, 0.05) is 12.7 Å². The van der Waals surface area contributed by atoms with Crippen molar-refractivity contribution < 1.29 is 13.2 Å². The molecular weight excluding hydrogens is 348 g/mol. The molecule has 0 aliphatic rings. The van der Waals surface area contributed by atoms with Crippen LogP contribution < -0.4 is 9.62 Å². The average Bonchev–Trinajstić information content (AvgIpc) is 2.69. The van der Waals surface area contributed by atoms with Crippen LogP contribution in [0.15, 0.2) is 89.8 Å². The van der Waals surface area contributed by atoms with Gasteiger partial charge in [-0.25, -0.2) is 8.42 Å². The van der Waals surface area contributed by atoms with Gasteiger partial charge >= 0.3 is 0 Å². The first kappa shape index (κ1) is 17.7. The molecule has 3 aromatic carbocycles. The Balaban J connectivity index is 1.95. The lowest BCUT2D eigenvalue weighted by molar-refractivity contribution is 0.102. The molecule has 3 aromatic rings. The summed E-state index contributed by atoms with van der Waals surface area (Å²) in [5.74, 6) is -0.373. The van der Waals surface area contributed by atoms with Gasteiger partial charge in [-0.3, -0.25) is 9.10 Å². The number of sulfonamides is 1. The van der Waals surface area contributed by atoms with Crippen LogP contribution in [0.3, 0.4) is 0 Å². The standard InChI is InChI=1S/C20H18N2O3S/c1-22(26(24,25)17-12-6-3-7-13-17)19-15-9-8-14-18(19)20(23)21-16-10-4-2-5-11-16/h2-15H,1H3,(H,21,23). The van der Waals surface area contributed by atoms with Crippen LogP contribution in [0.25, 0.3) is 0 Å². The molecule has 1 amide bonds. The first-order valence-electron chi connectivity index (χ1n) is 7.99. The third kappa shape index (κ3) is 3.60. The molecule has 0 atom stereocenters. The number of nitrogens with one attached hydrogen (secondary N) is 1. The topological polar surface area (TPSA) is 66.5 Å². The first-order chi connectivity index (χ1) is 12.5. The van der Waals surface area contributed by atoms with Gasteiger partial charge in [0.05, 0.1) is 16.1 Å².